The average Bonchev–Trinajstić information content (AvgIpc) is 2.43. The maximum Gasteiger partial charge on any atom is 0.385 e. The van der Waals surface area contributed by atoms with Crippen LogP contribution in [0.4, 0.5) is 11.4 Å². The average molecular weight is 364 g/mol. The maximum atomic E-state index is 11.0. The third-order valence-electron chi connectivity index (χ3n) is 2.65. The van der Waals surface area contributed by atoms with E-state index in [4.69, 9.17) is 5.39 Å². The van der Waals surface area contributed by atoms with E-state index in [2.05, 4.69) is 13.3 Å². The molecule has 0 aromatic heterocycles. The molecule has 0 unspecified atom stereocenters. The van der Waals surface area contributed by atoms with Gasteiger partial charge in [-0.15, -0.1) is 0 Å². The van der Waals surface area contributed by atoms with E-state index in [0.717, 1.165) is 12.5 Å². The Kier molecular flexibility index (Phi) is 6.89. The smallest absolute Gasteiger partial charge is 0.367 e. The van der Waals surface area contributed by atoms with E-state index in [1.165, 1.54) is 0 Å². The molecule has 23 heavy (non-hydrogen) atoms. The number of nitrogens with zero attached hydrogens (tertiary/aromatic N) is 3. The van der Waals surface area contributed by atoms with Gasteiger partial charge in [0.15, 0.2) is 4.98 Å². The van der Waals surface area contributed by atoms with Crippen LogP contribution in [0.2, 0.25) is 0 Å². The zero-order valence-electron chi connectivity index (χ0n) is 12.7. The molecule has 0 aliphatic carbocycles. The van der Waals surface area contributed by atoms with Crippen molar-refractivity contribution in [2.45, 2.75) is 0 Å². The van der Waals surface area contributed by atoms with Crippen molar-refractivity contribution in [2.75, 3.05) is 43.7 Å². The molecule has 128 valence electrons. The fraction of sp³-hybridized carbons (Fsp3) is 0.500. The first-order chi connectivity index (χ1) is 10.6. The molecule has 1 aromatic rings. The Balaban J connectivity index is 2.75. The van der Waals surface area contributed by atoms with Gasteiger partial charge in [0, 0.05) is 30.9 Å². The molecule has 0 radical (unpaired) electrons. The quantitative estimate of drug-likeness (QED) is 0.469. The molecule has 0 saturated heterocycles. The Morgan fingerprint density at radius 2 is 1.39 bits per heavy atom. The van der Waals surface area contributed by atoms with Crippen LogP contribution >= 0.6 is 0 Å². The van der Waals surface area contributed by atoms with Gasteiger partial charge in [-0.1, -0.05) is 0 Å². The van der Waals surface area contributed by atoms with Crippen LogP contribution in [-0.2, 0) is 28.6 Å². The summed E-state index contributed by atoms with van der Waals surface area (Å²) in [5.41, 5.74) is 1.03. The molecular weight excluding hydrogens is 346 g/mol. The second kappa shape index (κ2) is 8.21. The Bertz CT molecular complexity index is 715. The molecule has 0 atom stereocenters. The first-order valence-corrected chi connectivity index (χ1v) is 10.1. The Labute approximate surface area is 135 Å². The van der Waals surface area contributed by atoms with E-state index in [-0.39, 0.29) is 26.3 Å². The van der Waals surface area contributed by atoms with Crippen molar-refractivity contribution in [2.24, 2.45) is 0 Å². The van der Waals surface area contributed by atoms with Crippen molar-refractivity contribution in [3.8, 4) is 0 Å². The molecule has 0 amide bonds. The van der Waals surface area contributed by atoms with Gasteiger partial charge in [0.25, 0.3) is 20.2 Å². The predicted molar refractivity (Wildman–Crippen MR) is 85.0 cm³/mol. The summed E-state index contributed by atoms with van der Waals surface area (Å²) in [5.74, 6) is 0. The van der Waals surface area contributed by atoms with Crippen LogP contribution in [-0.4, -0.2) is 55.7 Å². The van der Waals surface area contributed by atoms with Gasteiger partial charge >= 0.3 is 5.69 Å². The summed E-state index contributed by atoms with van der Waals surface area (Å²) in [4.78, 5) is 4.73. The summed E-state index contributed by atoms with van der Waals surface area (Å²) >= 11 is 0. The van der Waals surface area contributed by atoms with Gasteiger partial charge in [0.05, 0.1) is 25.7 Å². The van der Waals surface area contributed by atoms with Crippen LogP contribution in [0.1, 0.15) is 0 Å². The Morgan fingerprint density at radius 1 is 0.957 bits per heavy atom. The van der Waals surface area contributed by atoms with Gasteiger partial charge in [-0.25, -0.2) is 0 Å². The zero-order chi connectivity index (χ0) is 17.5. The normalized spacial score (nSPS) is 11.9. The largest absolute Gasteiger partial charge is 0.385 e. The fourth-order valence-corrected chi connectivity index (χ4v) is 2.45. The van der Waals surface area contributed by atoms with Gasteiger partial charge in [-0.2, -0.15) is 16.8 Å². The highest BCUT2D eigenvalue weighted by Crippen LogP contribution is 2.19. The molecule has 0 fully saturated rings. The van der Waals surface area contributed by atoms with Crippen molar-refractivity contribution < 1.29 is 25.2 Å². The fourth-order valence-electron chi connectivity index (χ4n) is 1.70. The molecule has 0 bridgehead atoms. The molecule has 0 aliphatic rings. The minimum Gasteiger partial charge on any atom is -0.367 e. The van der Waals surface area contributed by atoms with E-state index >= 15 is 0 Å². The van der Waals surface area contributed by atoms with E-state index < -0.39 is 20.2 Å². The molecule has 1 aromatic carbocycles. The maximum absolute atomic E-state index is 11.0. The SMILES string of the molecule is CS(=O)(=O)OCCN(CCOS(C)(=O)=O)c1ccc([N+]#N)cc1. The number of hydrogen-bond donors (Lipinski definition) is 0. The molecular formula is C12H18N3O6S2+. The van der Waals surface area contributed by atoms with Crippen LogP contribution in [0.25, 0.3) is 4.98 Å². The summed E-state index contributed by atoms with van der Waals surface area (Å²) in [6.45, 7) is 0.222. The van der Waals surface area contributed by atoms with E-state index in [1.54, 1.807) is 29.2 Å². The zero-order valence-corrected chi connectivity index (χ0v) is 14.4. The van der Waals surface area contributed by atoms with E-state index in [1.807, 2.05) is 0 Å². The molecule has 11 heteroatoms. The lowest BCUT2D eigenvalue weighted by Crippen LogP contribution is -2.32. The molecule has 0 heterocycles. The van der Waals surface area contributed by atoms with Crippen molar-refractivity contribution in [1.82, 2.24) is 0 Å². The highest BCUT2D eigenvalue weighted by Gasteiger charge is 2.12. The van der Waals surface area contributed by atoms with E-state index in [9.17, 15) is 16.8 Å². The molecule has 1 rings (SSSR count). The first-order valence-electron chi connectivity index (χ1n) is 6.49. The highest BCUT2D eigenvalue weighted by molar-refractivity contribution is 7.86. The van der Waals surface area contributed by atoms with Crippen molar-refractivity contribution in [1.29, 1.82) is 5.39 Å². The predicted octanol–water partition coefficient (Wildman–Crippen LogP) is 0.930. The first kappa shape index (κ1) is 19.3. The van der Waals surface area contributed by atoms with Crippen LogP contribution in [0.15, 0.2) is 24.3 Å². The summed E-state index contributed by atoms with van der Waals surface area (Å²) in [6, 6.07) is 6.40. The monoisotopic (exact) mass is 364 g/mol. The molecule has 0 spiro atoms. The third kappa shape index (κ3) is 8.46. The van der Waals surface area contributed by atoms with Crippen LogP contribution in [0, 0.1) is 5.39 Å². The van der Waals surface area contributed by atoms with Crippen molar-refractivity contribution >= 4 is 31.6 Å². The standard InChI is InChI=1S/C12H18N3O6S2/c1-22(16,17)20-9-7-15(8-10-21-23(2,18)19)12-5-3-11(14-13)4-6-12/h3-6H,7-10H2,1-2H3/q+1. The molecule has 0 saturated carbocycles. The minimum atomic E-state index is -3.56. The number of rotatable bonds is 9. The van der Waals surface area contributed by atoms with Crippen LogP contribution in [0.3, 0.4) is 0 Å². The van der Waals surface area contributed by atoms with E-state index in [0.29, 0.717) is 11.4 Å². The molecule has 0 N–H and O–H groups in total. The highest BCUT2D eigenvalue weighted by atomic mass is 32.2. The second-order valence-electron chi connectivity index (χ2n) is 4.66. The number of hydrogen-bond acceptors (Lipinski definition) is 8. The third-order valence-corrected chi connectivity index (χ3v) is 3.84. The van der Waals surface area contributed by atoms with Crippen LogP contribution < -0.4 is 4.90 Å². The number of anilines is 1. The summed E-state index contributed by atoms with van der Waals surface area (Å²) in [7, 11) is -7.12. The Hall–Kier alpha value is -1.74. The van der Waals surface area contributed by atoms with Crippen molar-refractivity contribution in [3.05, 3.63) is 29.2 Å². The molecule has 9 nitrogen and oxygen atoms in total. The topological polar surface area (TPSA) is 118 Å². The van der Waals surface area contributed by atoms with Crippen LogP contribution in [0.5, 0.6) is 0 Å². The Morgan fingerprint density at radius 3 is 1.74 bits per heavy atom. The van der Waals surface area contributed by atoms with Gasteiger partial charge in [-0.05, 0) is 12.1 Å². The lowest BCUT2D eigenvalue weighted by Gasteiger charge is -2.24. The summed E-state index contributed by atoms with van der Waals surface area (Å²) in [6.07, 6.45) is 1.89. The van der Waals surface area contributed by atoms with Crippen molar-refractivity contribution in [3.63, 3.8) is 0 Å². The second-order valence-corrected chi connectivity index (χ2v) is 7.94. The van der Waals surface area contributed by atoms with Gasteiger partial charge in [0.1, 0.15) is 0 Å². The lowest BCUT2D eigenvalue weighted by atomic mass is 10.2. The number of diazo groups is 1. The lowest BCUT2D eigenvalue weighted by molar-refractivity contribution is 0.309. The van der Waals surface area contributed by atoms with Gasteiger partial charge in [-0.3, -0.25) is 8.37 Å². The van der Waals surface area contributed by atoms with Gasteiger partial charge in [0.2, 0.25) is 5.39 Å². The number of benzene rings is 1. The van der Waals surface area contributed by atoms with Gasteiger partial charge < -0.3 is 4.90 Å². The molecule has 0 aliphatic heterocycles. The minimum absolute atomic E-state index is 0.0934. The summed E-state index contributed by atoms with van der Waals surface area (Å²) in [5, 5.41) is 8.67. The summed E-state index contributed by atoms with van der Waals surface area (Å²) < 4.78 is 53.3.